The Morgan fingerprint density at radius 2 is 2.33 bits per heavy atom. The molecule has 1 aliphatic heterocycles. The van der Waals surface area contributed by atoms with Gasteiger partial charge in [0.25, 0.3) is 0 Å². The Labute approximate surface area is 79.1 Å². The molecule has 12 heavy (non-hydrogen) atoms. The van der Waals surface area contributed by atoms with Gasteiger partial charge in [0.05, 0.1) is 5.69 Å². The van der Waals surface area contributed by atoms with Crippen LogP contribution in [-0.2, 0) is 13.0 Å². The Hall–Kier alpha value is -0.820. The largest absolute Gasteiger partial charge is 0.319 e. The second-order valence-electron chi connectivity index (χ2n) is 2.89. The number of imidazole rings is 1. The van der Waals surface area contributed by atoms with Gasteiger partial charge < -0.3 is 4.57 Å². The third-order valence-corrected chi connectivity index (χ3v) is 2.80. The van der Waals surface area contributed by atoms with Crippen LogP contribution in [0.15, 0.2) is 4.60 Å². The van der Waals surface area contributed by atoms with Gasteiger partial charge >= 0.3 is 0 Å². The van der Waals surface area contributed by atoms with E-state index in [1.807, 2.05) is 4.57 Å². The summed E-state index contributed by atoms with van der Waals surface area (Å²) in [5.41, 5.74) is 1.18. The molecule has 0 atom stereocenters. The number of rotatable bonds is 0. The molecule has 0 N–H and O–H groups in total. The number of nitrogens with zero attached hydrogens (tertiary/aromatic N) is 3. The summed E-state index contributed by atoms with van der Waals surface area (Å²) in [5.74, 6) is 0.538. The van der Waals surface area contributed by atoms with Crippen molar-refractivity contribution in [1.29, 1.82) is 5.26 Å². The summed E-state index contributed by atoms with van der Waals surface area (Å²) in [7, 11) is 0. The van der Waals surface area contributed by atoms with Crippen molar-refractivity contribution in [2.24, 2.45) is 0 Å². The van der Waals surface area contributed by atoms with Crippen LogP contribution in [-0.4, -0.2) is 9.55 Å². The fraction of sp³-hybridized carbons (Fsp3) is 0.500. The quantitative estimate of drug-likeness (QED) is 0.677. The van der Waals surface area contributed by atoms with Crippen molar-refractivity contribution in [3.05, 3.63) is 16.1 Å². The molecule has 0 radical (unpaired) electrons. The predicted octanol–water partition coefficient (Wildman–Crippen LogP) is 1.85. The lowest BCUT2D eigenvalue weighted by Gasteiger charge is -2.14. The van der Waals surface area contributed by atoms with E-state index >= 15 is 0 Å². The molecule has 0 unspecified atom stereocenters. The maximum Gasteiger partial charge on any atom is 0.214 e. The number of hydrogen-bond donors (Lipinski definition) is 0. The fourth-order valence-corrected chi connectivity index (χ4v) is 2.16. The Morgan fingerprint density at radius 1 is 1.50 bits per heavy atom. The number of nitriles is 1. The molecule has 2 heterocycles. The summed E-state index contributed by atoms with van der Waals surface area (Å²) < 4.78 is 2.85. The Bertz CT molecular complexity index is 348. The van der Waals surface area contributed by atoms with Crippen molar-refractivity contribution in [3.8, 4) is 6.07 Å². The predicted molar refractivity (Wildman–Crippen MR) is 47.6 cm³/mol. The van der Waals surface area contributed by atoms with E-state index in [0.717, 1.165) is 24.0 Å². The van der Waals surface area contributed by atoms with Gasteiger partial charge in [0, 0.05) is 6.54 Å². The molecule has 3 nitrogen and oxygen atoms in total. The zero-order valence-corrected chi connectivity index (χ0v) is 8.13. The van der Waals surface area contributed by atoms with Gasteiger partial charge in [-0.25, -0.2) is 4.98 Å². The minimum Gasteiger partial charge on any atom is -0.319 e. The molecular weight excluding hydrogens is 218 g/mol. The molecule has 4 heteroatoms. The molecular formula is C8H8BrN3. The van der Waals surface area contributed by atoms with Gasteiger partial charge in [-0.3, -0.25) is 0 Å². The first-order chi connectivity index (χ1) is 5.83. The van der Waals surface area contributed by atoms with Crippen LogP contribution in [0, 0.1) is 11.3 Å². The second-order valence-corrected chi connectivity index (χ2v) is 3.64. The van der Waals surface area contributed by atoms with Crippen LogP contribution in [0.1, 0.15) is 24.4 Å². The fourth-order valence-electron chi connectivity index (χ4n) is 1.58. The standard InChI is InChI=1S/C8H8BrN3/c9-8-6-3-1-2-4-12(6)7(5-10)11-8/h1-4H2. The van der Waals surface area contributed by atoms with Crippen molar-refractivity contribution in [2.75, 3.05) is 0 Å². The maximum atomic E-state index is 8.75. The van der Waals surface area contributed by atoms with Gasteiger partial charge in [-0.05, 0) is 35.2 Å². The molecule has 1 aromatic heterocycles. The zero-order valence-electron chi connectivity index (χ0n) is 6.55. The number of fused-ring (bicyclic) bond motifs is 1. The average Bonchev–Trinajstić information content (AvgIpc) is 2.44. The molecule has 0 saturated carbocycles. The molecule has 62 valence electrons. The highest BCUT2D eigenvalue weighted by Crippen LogP contribution is 2.23. The number of halogens is 1. The lowest BCUT2D eigenvalue weighted by atomic mass is 10.1. The van der Waals surface area contributed by atoms with Gasteiger partial charge in [-0.2, -0.15) is 5.26 Å². The van der Waals surface area contributed by atoms with Crippen LogP contribution >= 0.6 is 15.9 Å². The van der Waals surface area contributed by atoms with E-state index in [9.17, 15) is 0 Å². The van der Waals surface area contributed by atoms with E-state index in [2.05, 4.69) is 27.0 Å². The molecule has 0 bridgehead atoms. The van der Waals surface area contributed by atoms with Gasteiger partial charge in [0.2, 0.25) is 5.82 Å². The smallest absolute Gasteiger partial charge is 0.214 e. The van der Waals surface area contributed by atoms with Crippen molar-refractivity contribution >= 4 is 15.9 Å². The SMILES string of the molecule is N#Cc1nc(Br)c2n1CCCC2. The van der Waals surface area contributed by atoms with Crippen molar-refractivity contribution in [1.82, 2.24) is 9.55 Å². The van der Waals surface area contributed by atoms with Gasteiger partial charge in [-0.1, -0.05) is 0 Å². The molecule has 0 spiro atoms. The van der Waals surface area contributed by atoms with Crippen LogP contribution in [0.4, 0.5) is 0 Å². The van der Waals surface area contributed by atoms with Crippen LogP contribution in [0.2, 0.25) is 0 Å². The molecule has 0 aliphatic carbocycles. The lowest BCUT2D eigenvalue weighted by Crippen LogP contribution is -2.11. The van der Waals surface area contributed by atoms with E-state index in [1.165, 1.54) is 12.1 Å². The minimum absolute atomic E-state index is 0.538. The molecule has 0 amide bonds. The van der Waals surface area contributed by atoms with Gasteiger partial charge in [-0.15, -0.1) is 0 Å². The van der Waals surface area contributed by atoms with Gasteiger partial charge in [0.15, 0.2) is 0 Å². The Kier molecular flexibility index (Phi) is 1.89. The Morgan fingerprint density at radius 3 is 3.08 bits per heavy atom. The van der Waals surface area contributed by atoms with E-state index in [1.54, 1.807) is 0 Å². The summed E-state index contributed by atoms with van der Waals surface area (Å²) in [5, 5.41) is 8.75. The number of aromatic nitrogens is 2. The highest BCUT2D eigenvalue weighted by atomic mass is 79.9. The van der Waals surface area contributed by atoms with Crippen LogP contribution in [0.5, 0.6) is 0 Å². The van der Waals surface area contributed by atoms with Crippen LogP contribution in [0.3, 0.4) is 0 Å². The van der Waals surface area contributed by atoms with E-state index in [-0.39, 0.29) is 0 Å². The van der Waals surface area contributed by atoms with Crippen LogP contribution < -0.4 is 0 Å². The molecule has 1 aromatic rings. The highest BCUT2D eigenvalue weighted by Gasteiger charge is 2.17. The lowest BCUT2D eigenvalue weighted by molar-refractivity contribution is 0.527. The van der Waals surface area contributed by atoms with E-state index in [0.29, 0.717) is 5.82 Å². The van der Waals surface area contributed by atoms with Crippen molar-refractivity contribution in [3.63, 3.8) is 0 Å². The monoisotopic (exact) mass is 225 g/mol. The van der Waals surface area contributed by atoms with Crippen molar-refractivity contribution in [2.45, 2.75) is 25.8 Å². The summed E-state index contributed by atoms with van der Waals surface area (Å²) in [4.78, 5) is 4.13. The van der Waals surface area contributed by atoms with E-state index in [4.69, 9.17) is 5.26 Å². The second kappa shape index (κ2) is 2.91. The topological polar surface area (TPSA) is 41.6 Å². The third kappa shape index (κ3) is 1.05. The average molecular weight is 226 g/mol. The first-order valence-corrected chi connectivity index (χ1v) is 4.77. The first kappa shape index (κ1) is 7.81. The molecule has 1 aliphatic rings. The Balaban J connectivity index is 2.56. The van der Waals surface area contributed by atoms with Crippen LogP contribution in [0.25, 0.3) is 0 Å². The van der Waals surface area contributed by atoms with Crippen molar-refractivity contribution < 1.29 is 0 Å². The van der Waals surface area contributed by atoms with E-state index < -0.39 is 0 Å². The molecule has 2 rings (SSSR count). The minimum atomic E-state index is 0.538. The third-order valence-electron chi connectivity index (χ3n) is 2.17. The number of hydrogen-bond acceptors (Lipinski definition) is 2. The summed E-state index contributed by atoms with van der Waals surface area (Å²) in [6.45, 7) is 0.941. The first-order valence-electron chi connectivity index (χ1n) is 3.98. The molecule has 0 fully saturated rings. The highest BCUT2D eigenvalue weighted by molar-refractivity contribution is 9.10. The summed E-state index contributed by atoms with van der Waals surface area (Å²) in [6.07, 6.45) is 3.40. The summed E-state index contributed by atoms with van der Waals surface area (Å²) in [6, 6.07) is 2.10. The summed E-state index contributed by atoms with van der Waals surface area (Å²) >= 11 is 3.36. The zero-order chi connectivity index (χ0) is 8.55. The van der Waals surface area contributed by atoms with Gasteiger partial charge in [0.1, 0.15) is 10.7 Å². The normalized spacial score (nSPS) is 15.3. The molecule has 0 aromatic carbocycles. The maximum absolute atomic E-state index is 8.75. The molecule has 0 saturated heterocycles.